The molecule has 0 aromatic rings. The first kappa shape index (κ1) is 136. The van der Waals surface area contributed by atoms with Crippen LogP contribution in [-0.2, 0) is 0 Å². The molecule has 7 fully saturated rings. The monoisotopic (exact) mass is 1570 g/mol. The van der Waals surface area contributed by atoms with E-state index in [1.165, 1.54) is 182 Å². The maximum absolute atomic E-state index is 3.38. The molecular formula is C101H235N9. The SMILES string of the molecule is C.C.C.C.C.C.C.C.C.C.CC(C)C1CCCN(C(C)C)C1.CC(C)C1CCN(C(C)C)C1.CC(C)C1CCN(C(C)C)CC1.CC(C)CCN(C)C(C)C.CC(C)CCNC(C)C.CC(C)[C@@H]1CCCN(C(C)C)C1.CC(C)[C@@H]1CCN(C(C)C)C1.CC(C)[C@H]1CCCN(C(C)C)C1.CC(C)[C@H]1CCN(C(C)C)C1. The van der Waals surface area contributed by atoms with Gasteiger partial charge in [0.2, 0.25) is 0 Å². The summed E-state index contributed by atoms with van der Waals surface area (Å²) in [5, 5.41) is 3.38. The van der Waals surface area contributed by atoms with Gasteiger partial charge in [-0.2, -0.15) is 0 Å². The second-order valence-electron chi connectivity index (χ2n) is 39.1. The third-order valence-corrected chi connectivity index (χ3v) is 24.7. The van der Waals surface area contributed by atoms with Crippen molar-refractivity contribution < 1.29 is 0 Å². The molecule has 9 nitrogen and oxygen atoms in total. The van der Waals surface area contributed by atoms with Crippen LogP contribution in [0, 0.1) is 94.7 Å². The number of hydrogen-bond acceptors (Lipinski definition) is 9. The van der Waals surface area contributed by atoms with Crippen LogP contribution in [0.25, 0.3) is 0 Å². The van der Waals surface area contributed by atoms with Crippen LogP contribution in [0.3, 0.4) is 0 Å². The average Bonchev–Trinajstić information content (AvgIpc) is 1.18. The van der Waals surface area contributed by atoms with Gasteiger partial charge in [-0.05, 0) is 361 Å². The highest BCUT2D eigenvalue weighted by Gasteiger charge is 2.30. The molecule has 7 saturated heterocycles. The van der Waals surface area contributed by atoms with E-state index in [4.69, 9.17) is 0 Å². The van der Waals surface area contributed by atoms with E-state index < -0.39 is 0 Å². The Kier molecular flexibility index (Phi) is 93.9. The van der Waals surface area contributed by atoms with Gasteiger partial charge in [-0.15, -0.1) is 0 Å². The molecule has 0 aliphatic carbocycles. The lowest BCUT2D eigenvalue weighted by Gasteiger charge is -2.37. The van der Waals surface area contributed by atoms with Gasteiger partial charge in [-0.25, -0.2) is 0 Å². The van der Waals surface area contributed by atoms with Gasteiger partial charge < -0.3 is 44.5 Å². The molecule has 0 aromatic carbocycles. The minimum absolute atomic E-state index is 0. The van der Waals surface area contributed by atoms with Crippen LogP contribution in [0.5, 0.6) is 0 Å². The fourth-order valence-corrected chi connectivity index (χ4v) is 15.1. The number of rotatable bonds is 22. The van der Waals surface area contributed by atoms with Crippen molar-refractivity contribution in [2.24, 2.45) is 94.7 Å². The van der Waals surface area contributed by atoms with Crippen molar-refractivity contribution in [3.05, 3.63) is 0 Å². The minimum atomic E-state index is 0. The minimum Gasteiger partial charge on any atom is -0.315 e. The number of likely N-dealkylation sites (tertiary alicyclic amines) is 7. The Morgan fingerprint density at radius 2 is 0.436 bits per heavy atom. The first-order valence-corrected chi connectivity index (χ1v) is 44.0. The van der Waals surface area contributed by atoms with Crippen molar-refractivity contribution in [2.45, 2.75) is 461 Å². The van der Waals surface area contributed by atoms with Crippen LogP contribution >= 0.6 is 0 Å². The van der Waals surface area contributed by atoms with Gasteiger partial charge in [-0.3, -0.25) is 0 Å². The topological polar surface area (TPSA) is 38.0 Å². The van der Waals surface area contributed by atoms with Crippen molar-refractivity contribution >= 4 is 0 Å². The second kappa shape index (κ2) is 76.1. The fraction of sp³-hybridized carbons (Fsp3) is 1.00. The van der Waals surface area contributed by atoms with Gasteiger partial charge in [0.1, 0.15) is 0 Å². The second-order valence-corrected chi connectivity index (χ2v) is 39.1. The highest BCUT2D eigenvalue weighted by atomic mass is 15.2. The quantitative estimate of drug-likeness (QED) is 0.114. The molecular weight excluding hydrogens is 1340 g/mol. The zero-order valence-corrected chi connectivity index (χ0v) is 76.0. The molecule has 0 amide bonds. The maximum Gasteiger partial charge on any atom is 0.00387 e. The molecule has 6 atom stereocenters. The Balaban J connectivity index is -0.0000000972. The van der Waals surface area contributed by atoms with E-state index in [1.807, 2.05) is 0 Å². The molecule has 9 heteroatoms. The predicted molar refractivity (Wildman–Crippen MR) is 523 cm³/mol. The largest absolute Gasteiger partial charge is 0.315 e. The number of nitrogens with one attached hydrogen (secondary N) is 1. The molecule has 7 heterocycles. The molecule has 684 valence electrons. The molecule has 110 heavy (non-hydrogen) atoms. The first-order chi connectivity index (χ1) is 46.4. The number of hydrogen-bond donors (Lipinski definition) is 1. The molecule has 1 N–H and O–H groups in total. The summed E-state index contributed by atoms with van der Waals surface area (Å²) in [4.78, 5) is 20.6. The van der Waals surface area contributed by atoms with Crippen molar-refractivity contribution in [3.63, 3.8) is 0 Å². The van der Waals surface area contributed by atoms with Crippen LogP contribution in [0.4, 0.5) is 0 Å². The molecule has 0 saturated carbocycles. The summed E-state index contributed by atoms with van der Waals surface area (Å²) in [6.07, 6.45) is 18.2. The van der Waals surface area contributed by atoms with Gasteiger partial charge in [0.05, 0.1) is 0 Å². The van der Waals surface area contributed by atoms with E-state index in [0.29, 0.717) is 12.1 Å². The van der Waals surface area contributed by atoms with Crippen LogP contribution in [0.2, 0.25) is 0 Å². The Labute approximate surface area is 708 Å². The smallest absolute Gasteiger partial charge is 0.00387 e. The summed E-state index contributed by atoms with van der Waals surface area (Å²) >= 11 is 0. The average molecular weight is 1580 g/mol. The normalized spacial score (nSPS) is 21.5. The predicted octanol–water partition coefficient (Wildman–Crippen LogP) is 28.9. The standard InChI is InChI=1S/4C11H23N.3C10H21N.C9H21N.C8H19N.10CH4/c1-9(2)11-5-7-12(8-6-11)10(3)4;3*1-9(2)11-6-5-7-12(8-11)10(3)4;3*1-8(2)10-5-6-11(7-10)9(3)4;1-8(2)6-7-10(5)9(3)4;1-7(2)5-6-9-8(3)4;;;;;;;;;;/h4*9-11H,5-8H2,1-4H3;3*8-10H,5-7H2,1-4H3;8-9H,6-7H2,1-5H3;7-9H,5-6H2,1-4H3;10*1H4/t;2*11-;;2*10-;;;;;;;;;;;;;/m.10.10............./s1. The number of piperidine rings is 4. The van der Waals surface area contributed by atoms with Crippen molar-refractivity contribution in [3.8, 4) is 0 Å². The van der Waals surface area contributed by atoms with Gasteiger partial charge in [0, 0.05) is 93.6 Å². The molecule has 7 aliphatic heterocycles. The third-order valence-electron chi connectivity index (χ3n) is 24.7. The van der Waals surface area contributed by atoms with E-state index >= 15 is 0 Å². The zero-order valence-electron chi connectivity index (χ0n) is 76.0. The lowest BCUT2D eigenvalue weighted by molar-refractivity contribution is 0.117. The summed E-state index contributed by atoms with van der Waals surface area (Å²) in [6, 6.07) is 6.56. The maximum atomic E-state index is 3.38. The number of nitrogens with zero attached hydrogens (tertiary/aromatic N) is 8. The van der Waals surface area contributed by atoms with Gasteiger partial charge >= 0.3 is 0 Å². The van der Waals surface area contributed by atoms with Crippen molar-refractivity contribution in [2.75, 3.05) is 112 Å². The summed E-state index contributed by atoms with van der Waals surface area (Å²) in [5.41, 5.74) is 0. The van der Waals surface area contributed by atoms with Crippen LogP contribution in [0.1, 0.15) is 407 Å². The summed E-state index contributed by atoms with van der Waals surface area (Å²) < 4.78 is 0. The van der Waals surface area contributed by atoms with Gasteiger partial charge in [0.25, 0.3) is 0 Å². The Morgan fingerprint density at radius 1 is 0.245 bits per heavy atom. The molecule has 0 aromatic heterocycles. The highest BCUT2D eigenvalue weighted by Crippen LogP contribution is 2.30. The Hall–Kier alpha value is -0.360. The fourth-order valence-electron chi connectivity index (χ4n) is 15.1. The van der Waals surface area contributed by atoms with Gasteiger partial charge in [-0.1, -0.05) is 213 Å². The van der Waals surface area contributed by atoms with Crippen molar-refractivity contribution in [1.29, 1.82) is 0 Å². The lowest BCUT2D eigenvalue weighted by atomic mass is 9.86. The summed E-state index contributed by atoms with van der Waals surface area (Å²) in [6.45, 7) is 104. The summed E-state index contributed by atoms with van der Waals surface area (Å²) in [7, 11) is 2.19. The van der Waals surface area contributed by atoms with E-state index in [0.717, 1.165) is 144 Å². The molecule has 7 rings (SSSR count). The molecule has 0 bridgehead atoms. The Bertz CT molecular complexity index is 1550. The van der Waals surface area contributed by atoms with Crippen molar-refractivity contribution in [1.82, 2.24) is 44.5 Å². The first-order valence-electron chi connectivity index (χ1n) is 44.0. The van der Waals surface area contributed by atoms with E-state index in [1.54, 1.807) is 0 Å². The van der Waals surface area contributed by atoms with E-state index in [-0.39, 0.29) is 74.3 Å². The van der Waals surface area contributed by atoms with Gasteiger partial charge in [0.15, 0.2) is 0 Å². The van der Waals surface area contributed by atoms with E-state index in [9.17, 15) is 0 Å². The summed E-state index contributed by atoms with van der Waals surface area (Å²) in [5.74, 6) is 14.5. The molecule has 0 spiro atoms. The van der Waals surface area contributed by atoms with Crippen LogP contribution < -0.4 is 5.32 Å². The molecule has 0 radical (unpaired) electrons. The Morgan fingerprint density at radius 3 is 0.600 bits per heavy atom. The third kappa shape index (κ3) is 64.6. The highest BCUT2D eigenvalue weighted by molar-refractivity contribution is 4.84. The molecule has 2 unspecified atom stereocenters. The lowest BCUT2D eigenvalue weighted by Crippen LogP contribution is -2.41. The van der Waals surface area contributed by atoms with Crippen LogP contribution in [-0.4, -0.2) is 205 Å². The van der Waals surface area contributed by atoms with Crippen LogP contribution in [0.15, 0.2) is 0 Å². The molecule has 7 aliphatic rings. The zero-order chi connectivity index (χ0) is 77.3. The van der Waals surface area contributed by atoms with E-state index in [2.05, 4.69) is 301 Å².